The third-order valence-electron chi connectivity index (χ3n) is 3.55. The van der Waals surface area contributed by atoms with E-state index >= 15 is 0 Å². The molecular formula is C14H17N3O4S. The number of ether oxygens (including phenoxy) is 1. The van der Waals surface area contributed by atoms with Gasteiger partial charge in [-0.2, -0.15) is 5.10 Å². The molecule has 1 aliphatic heterocycles. The number of hydrogen-bond acceptors (Lipinski definition) is 7. The van der Waals surface area contributed by atoms with Gasteiger partial charge in [-0.1, -0.05) is 0 Å². The maximum atomic E-state index is 9.92. The standard InChI is InChI=1S/C14H17N3O4S/c1-7-9(5-16-17-7)10-3-2-8(4-15-10)21-14-13(20)12(19)11(18)6-22-14/h2-5,11-14,18-20H,6H2,1H3,(H,16,17)/t11-,12+,13-,14-/m1/s1. The number of aliphatic hydroxyl groups excluding tert-OH is 3. The molecule has 1 fully saturated rings. The molecule has 3 rings (SSSR count). The van der Waals surface area contributed by atoms with E-state index in [0.717, 1.165) is 17.0 Å². The van der Waals surface area contributed by atoms with E-state index in [4.69, 9.17) is 4.74 Å². The molecule has 0 spiro atoms. The van der Waals surface area contributed by atoms with Gasteiger partial charge in [-0.3, -0.25) is 10.1 Å². The topological polar surface area (TPSA) is 111 Å². The van der Waals surface area contributed by atoms with Gasteiger partial charge in [0, 0.05) is 17.0 Å². The van der Waals surface area contributed by atoms with Crippen LogP contribution < -0.4 is 4.74 Å². The first-order valence-corrected chi connectivity index (χ1v) is 7.90. The lowest BCUT2D eigenvalue weighted by Crippen LogP contribution is -2.50. The normalized spacial score (nSPS) is 28.5. The maximum Gasteiger partial charge on any atom is 0.173 e. The molecule has 118 valence electrons. The highest BCUT2D eigenvalue weighted by Crippen LogP contribution is 2.29. The van der Waals surface area contributed by atoms with Crippen molar-refractivity contribution in [3.05, 3.63) is 30.2 Å². The summed E-state index contributed by atoms with van der Waals surface area (Å²) < 4.78 is 5.64. The number of H-pyrrole nitrogens is 1. The zero-order valence-electron chi connectivity index (χ0n) is 11.9. The Morgan fingerprint density at radius 2 is 2.05 bits per heavy atom. The molecule has 2 aromatic rings. The second kappa shape index (κ2) is 6.25. The summed E-state index contributed by atoms with van der Waals surface area (Å²) in [6.45, 7) is 1.91. The van der Waals surface area contributed by atoms with Gasteiger partial charge in [-0.25, -0.2) is 0 Å². The van der Waals surface area contributed by atoms with E-state index in [2.05, 4.69) is 15.2 Å². The minimum absolute atomic E-state index is 0.308. The Bertz CT molecular complexity index is 633. The minimum atomic E-state index is -1.20. The van der Waals surface area contributed by atoms with Crippen molar-refractivity contribution in [3.63, 3.8) is 0 Å². The highest BCUT2D eigenvalue weighted by atomic mass is 32.2. The van der Waals surface area contributed by atoms with Crippen LogP contribution in [0.25, 0.3) is 11.3 Å². The molecule has 8 heteroatoms. The van der Waals surface area contributed by atoms with Crippen LogP contribution in [0, 0.1) is 6.92 Å². The van der Waals surface area contributed by atoms with Crippen molar-refractivity contribution in [2.45, 2.75) is 30.7 Å². The van der Waals surface area contributed by atoms with Crippen LogP contribution in [0.4, 0.5) is 0 Å². The number of nitrogens with zero attached hydrogens (tertiary/aromatic N) is 2. The SMILES string of the molecule is Cc1[nH]ncc1-c1ccc(O[C@@H]2SC[C@@H](O)[C@H](O)[C@H]2O)cn1. The summed E-state index contributed by atoms with van der Waals surface area (Å²) in [6, 6.07) is 3.55. The number of nitrogens with one attached hydrogen (secondary N) is 1. The molecule has 3 heterocycles. The Hall–Kier alpha value is -1.61. The van der Waals surface area contributed by atoms with E-state index in [1.807, 2.05) is 6.92 Å². The van der Waals surface area contributed by atoms with Crippen LogP contribution in [0.2, 0.25) is 0 Å². The molecule has 0 amide bonds. The summed E-state index contributed by atoms with van der Waals surface area (Å²) in [6.07, 6.45) is -0.0237. The third kappa shape index (κ3) is 2.95. The fourth-order valence-electron chi connectivity index (χ4n) is 2.24. The molecule has 22 heavy (non-hydrogen) atoms. The second-order valence-electron chi connectivity index (χ2n) is 5.16. The molecule has 0 aliphatic carbocycles. The lowest BCUT2D eigenvalue weighted by atomic mass is 10.1. The van der Waals surface area contributed by atoms with Crippen molar-refractivity contribution < 1.29 is 20.1 Å². The molecule has 0 radical (unpaired) electrons. The van der Waals surface area contributed by atoms with Crippen molar-refractivity contribution in [2.75, 3.05) is 5.75 Å². The fraction of sp³-hybridized carbons (Fsp3) is 0.429. The summed E-state index contributed by atoms with van der Waals surface area (Å²) >= 11 is 1.26. The van der Waals surface area contributed by atoms with Crippen molar-refractivity contribution in [2.24, 2.45) is 0 Å². The number of aromatic amines is 1. The van der Waals surface area contributed by atoms with Gasteiger partial charge in [0.25, 0.3) is 0 Å². The van der Waals surface area contributed by atoms with Gasteiger partial charge in [0.05, 0.1) is 24.2 Å². The number of aryl methyl sites for hydroxylation is 1. The molecule has 0 saturated carbocycles. The molecule has 1 aliphatic rings. The largest absolute Gasteiger partial charge is 0.475 e. The second-order valence-corrected chi connectivity index (χ2v) is 6.29. The number of aliphatic hydroxyl groups is 3. The molecule has 4 N–H and O–H groups in total. The van der Waals surface area contributed by atoms with Crippen LogP contribution in [-0.4, -0.2) is 60.0 Å². The van der Waals surface area contributed by atoms with E-state index in [9.17, 15) is 15.3 Å². The number of hydrogen-bond donors (Lipinski definition) is 4. The van der Waals surface area contributed by atoms with Crippen molar-refractivity contribution in [1.29, 1.82) is 0 Å². The summed E-state index contributed by atoms with van der Waals surface area (Å²) in [5.74, 6) is 0.799. The predicted molar refractivity (Wildman–Crippen MR) is 81.5 cm³/mol. The van der Waals surface area contributed by atoms with E-state index in [0.29, 0.717) is 11.5 Å². The first kappa shape index (κ1) is 15.3. The Balaban J connectivity index is 1.70. The summed E-state index contributed by atoms with van der Waals surface area (Å²) in [7, 11) is 0. The van der Waals surface area contributed by atoms with E-state index in [1.165, 1.54) is 11.8 Å². The molecule has 1 saturated heterocycles. The Labute approximate surface area is 131 Å². The molecule has 0 aromatic carbocycles. The van der Waals surface area contributed by atoms with Crippen molar-refractivity contribution in [3.8, 4) is 17.0 Å². The summed E-state index contributed by atoms with van der Waals surface area (Å²) in [5.41, 5.74) is 1.97. The minimum Gasteiger partial charge on any atom is -0.475 e. The highest BCUT2D eigenvalue weighted by molar-refractivity contribution is 7.99. The van der Waals surface area contributed by atoms with Crippen LogP contribution in [0.15, 0.2) is 24.5 Å². The van der Waals surface area contributed by atoms with E-state index in [-0.39, 0.29) is 0 Å². The molecule has 0 bridgehead atoms. The van der Waals surface area contributed by atoms with E-state index < -0.39 is 23.7 Å². The Morgan fingerprint density at radius 3 is 2.68 bits per heavy atom. The van der Waals surface area contributed by atoms with Crippen molar-refractivity contribution >= 4 is 11.8 Å². The summed E-state index contributed by atoms with van der Waals surface area (Å²) in [5, 5.41) is 35.9. The lowest BCUT2D eigenvalue weighted by molar-refractivity contribution is -0.0786. The van der Waals surface area contributed by atoms with Gasteiger partial charge in [0.1, 0.15) is 18.0 Å². The summed E-state index contributed by atoms with van der Waals surface area (Å²) in [4.78, 5) is 4.32. The maximum absolute atomic E-state index is 9.92. The quantitative estimate of drug-likeness (QED) is 0.643. The average Bonchev–Trinajstić information content (AvgIpc) is 2.95. The van der Waals surface area contributed by atoms with Crippen LogP contribution in [0.3, 0.4) is 0 Å². The zero-order chi connectivity index (χ0) is 15.7. The van der Waals surface area contributed by atoms with Gasteiger partial charge in [0.2, 0.25) is 0 Å². The first-order chi connectivity index (χ1) is 10.6. The molecular weight excluding hydrogens is 306 g/mol. The van der Waals surface area contributed by atoms with Crippen molar-refractivity contribution in [1.82, 2.24) is 15.2 Å². The van der Waals surface area contributed by atoms with Gasteiger partial charge in [-0.15, -0.1) is 11.8 Å². The fourth-order valence-corrected chi connectivity index (χ4v) is 3.36. The monoisotopic (exact) mass is 323 g/mol. The zero-order valence-corrected chi connectivity index (χ0v) is 12.7. The van der Waals surface area contributed by atoms with Gasteiger partial charge in [-0.05, 0) is 19.1 Å². The Kier molecular flexibility index (Phi) is 4.34. The number of aromatic nitrogens is 3. The average molecular weight is 323 g/mol. The number of rotatable bonds is 3. The molecule has 0 unspecified atom stereocenters. The number of pyridine rings is 1. The van der Waals surface area contributed by atoms with E-state index in [1.54, 1.807) is 24.5 Å². The van der Waals surface area contributed by atoms with Gasteiger partial charge < -0.3 is 20.1 Å². The first-order valence-electron chi connectivity index (χ1n) is 6.85. The molecule has 4 atom stereocenters. The predicted octanol–water partition coefficient (Wildman–Crippen LogP) is 0.315. The number of thioether (sulfide) groups is 1. The van der Waals surface area contributed by atoms with Gasteiger partial charge >= 0.3 is 0 Å². The van der Waals surface area contributed by atoms with Crippen LogP contribution >= 0.6 is 11.8 Å². The highest BCUT2D eigenvalue weighted by Gasteiger charge is 2.38. The third-order valence-corrected chi connectivity index (χ3v) is 4.79. The van der Waals surface area contributed by atoms with Gasteiger partial charge in [0.15, 0.2) is 5.44 Å². The Morgan fingerprint density at radius 1 is 1.23 bits per heavy atom. The van der Waals surface area contributed by atoms with Crippen LogP contribution in [-0.2, 0) is 0 Å². The van der Waals surface area contributed by atoms with Crippen LogP contribution in [0.5, 0.6) is 5.75 Å². The molecule has 7 nitrogen and oxygen atoms in total. The lowest BCUT2D eigenvalue weighted by Gasteiger charge is -2.34. The van der Waals surface area contributed by atoms with Crippen LogP contribution in [0.1, 0.15) is 5.69 Å². The smallest absolute Gasteiger partial charge is 0.173 e. The molecule has 2 aromatic heterocycles.